The van der Waals surface area contributed by atoms with Gasteiger partial charge >= 0.3 is 18.5 Å². The van der Waals surface area contributed by atoms with Gasteiger partial charge in [0.15, 0.2) is 11.5 Å². The smallest absolute Gasteiger partial charge is 0.416 e. The van der Waals surface area contributed by atoms with Crippen molar-refractivity contribution in [2.45, 2.75) is 58.9 Å². The quantitative estimate of drug-likeness (QED) is 0.0437. The number of benzene rings is 9. The van der Waals surface area contributed by atoms with Gasteiger partial charge in [0.25, 0.3) is 17.7 Å². The summed E-state index contributed by atoms with van der Waals surface area (Å²) in [4.78, 5) is 68.9. The van der Waals surface area contributed by atoms with Gasteiger partial charge in [-0.3, -0.25) is 29.1 Å². The van der Waals surface area contributed by atoms with Gasteiger partial charge in [0.05, 0.1) is 47.5 Å². The van der Waals surface area contributed by atoms with Gasteiger partial charge in [-0.2, -0.15) is 39.5 Å². The monoisotopic (exact) mass is 1730 g/mol. The van der Waals surface area contributed by atoms with Crippen molar-refractivity contribution >= 4 is 84.9 Å². The van der Waals surface area contributed by atoms with Crippen LogP contribution in [-0.2, 0) is 38.2 Å². The van der Waals surface area contributed by atoms with Crippen molar-refractivity contribution in [3.8, 4) is 47.0 Å². The molecule has 3 aromatic heterocycles. The molecule has 0 bridgehead atoms. The second-order valence-corrected chi connectivity index (χ2v) is 31.4. The highest BCUT2D eigenvalue weighted by atomic mass is 19.4. The summed E-state index contributed by atoms with van der Waals surface area (Å²) in [6.07, 6.45) is -12.0. The molecule has 3 aliphatic heterocycles. The summed E-state index contributed by atoms with van der Waals surface area (Å²) in [7, 11) is 9.02. The number of fused-ring (bicyclic) bond motifs is 3. The van der Waals surface area contributed by atoms with Gasteiger partial charge in [-0.1, -0.05) is 108 Å². The first-order chi connectivity index (χ1) is 60.6. The average Bonchev–Trinajstić information content (AvgIpc) is 0.789. The standard InChI is InChI=1S/C33H33F3N6O3.2C32H30F3N5O/c1-20-5-6-22(15-21(20)8-10-27-25-17-29(44-3)30(45-4)18-28(25)40-32(37)39-27)31(43)38-24-9-7-23(26(16-24)33(34,35)36)19-42-13-11-41(2)12-14-42;1-21-7-8-23(17-22(21)10-12-28-27-6-4-3-5-24(27)19-37-30(28)36)31(41)38-26-11-9-25(29(18-26)32(33,34)35)20-40-15-13-39(2)14-16-40;1-21-7-8-24(17-22(21)9-10-23-18-30(36)38-29-6-4-3-5-27(23)29)31(41)37-26-12-11-25(28(19-26)32(33,34)35)20-40-15-13-39(2)14-16-40/h5-7,9,15-18H,11-14,19H2,1-4H3,(H,38,43)(H2,37,39,40);3-9,11,17-19H,13-16,20H2,1-2H3,(H2,36,37)(H,38,41);3-8,11-12,17-19H,13-16,20H2,1-2H3,(H2,36,38)(H,37,41). The molecular formula is C97H93F9N16O5. The summed E-state index contributed by atoms with van der Waals surface area (Å²) < 4.78 is 137. The minimum absolute atomic E-state index is 0.0247. The average molecular weight is 1730 g/mol. The van der Waals surface area contributed by atoms with Crippen molar-refractivity contribution in [2.75, 3.05) is 147 Å². The lowest BCUT2D eigenvalue weighted by molar-refractivity contribution is -0.139. The fourth-order valence-electron chi connectivity index (χ4n) is 14.8. The van der Waals surface area contributed by atoms with E-state index in [0.29, 0.717) is 107 Å². The van der Waals surface area contributed by atoms with Gasteiger partial charge in [0, 0.05) is 188 Å². The Labute approximate surface area is 729 Å². The number of halogens is 9. The van der Waals surface area contributed by atoms with E-state index in [1.807, 2.05) is 105 Å². The first kappa shape index (κ1) is 91.1. The normalized spacial score (nSPS) is 14.3. The van der Waals surface area contributed by atoms with Crippen LogP contribution in [0.2, 0.25) is 0 Å². The van der Waals surface area contributed by atoms with Gasteiger partial charge in [0.1, 0.15) is 17.3 Å². The van der Waals surface area contributed by atoms with Crippen LogP contribution in [0.5, 0.6) is 11.5 Å². The molecule has 127 heavy (non-hydrogen) atoms. The Morgan fingerprint density at radius 2 is 0.787 bits per heavy atom. The molecule has 0 spiro atoms. The Morgan fingerprint density at radius 3 is 1.21 bits per heavy atom. The van der Waals surface area contributed by atoms with E-state index in [4.69, 9.17) is 26.7 Å². The molecule has 3 amide bonds. The number of nitrogens with two attached hydrogens (primary N) is 3. The van der Waals surface area contributed by atoms with Crippen LogP contribution in [0.15, 0.2) is 182 Å². The molecule has 21 nitrogen and oxygen atoms in total. The fourth-order valence-corrected chi connectivity index (χ4v) is 14.8. The zero-order valence-corrected chi connectivity index (χ0v) is 71.1. The van der Waals surface area contributed by atoms with Crippen molar-refractivity contribution in [1.82, 2.24) is 49.3 Å². The van der Waals surface area contributed by atoms with Crippen molar-refractivity contribution in [3.05, 3.63) is 282 Å². The lowest BCUT2D eigenvalue weighted by Crippen LogP contribution is -2.44. The van der Waals surface area contributed by atoms with Gasteiger partial charge in [-0.05, 0) is 172 Å². The lowest BCUT2D eigenvalue weighted by atomic mass is 10.0. The van der Waals surface area contributed by atoms with Crippen LogP contribution >= 0.6 is 0 Å². The number of alkyl halides is 9. The third kappa shape index (κ3) is 23.3. The molecule has 3 fully saturated rings. The number of amides is 3. The molecule has 9 N–H and O–H groups in total. The van der Waals surface area contributed by atoms with E-state index in [1.165, 1.54) is 50.6 Å². The van der Waals surface area contributed by atoms with E-state index < -0.39 is 52.9 Å². The van der Waals surface area contributed by atoms with Gasteiger partial charge in [-0.15, -0.1) is 0 Å². The molecule has 3 saturated heterocycles. The third-order valence-electron chi connectivity index (χ3n) is 22.2. The molecule has 9 aromatic carbocycles. The SMILES string of the molecule is COc1cc2nc(N)nc(C#Cc3cc(C(=O)Nc4ccc(CN5CCN(C)CC5)c(C(F)(F)F)c4)ccc3C)c2cc1OC.Cc1ccc(C(=O)Nc2ccc(CN3CCN(C)CC3)c(C(F)(F)F)c2)cc1C#Cc1c(N)ncc2ccccc12.Cc1ccc(C(=O)Nc2ccc(CN3CCN(C)CC3)c(C(F)(F)F)c2)cc1C#Cc1cc(N)nc2ccccc12. The summed E-state index contributed by atoms with van der Waals surface area (Å²) in [5, 5.41) is 11.1. The molecule has 30 heteroatoms. The van der Waals surface area contributed by atoms with Crippen LogP contribution in [-0.4, -0.2) is 181 Å². The van der Waals surface area contributed by atoms with Gasteiger partial charge in [0.2, 0.25) is 5.95 Å². The first-order valence-electron chi connectivity index (χ1n) is 40.7. The Morgan fingerprint density at radius 1 is 0.402 bits per heavy atom. The number of anilines is 6. The van der Waals surface area contributed by atoms with E-state index in [-0.39, 0.29) is 76.0 Å². The number of carbonyl (C=O) groups is 3. The first-order valence-corrected chi connectivity index (χ1v) is 40.7. The zero-order valence-electron chi connectivity index (χ0n) is 71.1. The number of rotatable bonds is 14. The maximum Gasteiger partial charge on any atom is 0.416 e. The minimum atomic E-state index is -4.57. The largest absolute Gasteiger partial charge is 0.493 e. The van der Waals surface area contributed by atoms with Crippen molar-refractivity contribution in [3.63, 3.8) is 0 Å². The Hall–Kier alpha value is -13.6. The lowest BCUT2D eigenvalue weighted by Gasteiger charge is -2.33. The molecule has 0 atom stereocenters. The van der Waals surface area contributed by atoms with E-state index >= 15 is 0 Å². The molecule has 3 aliphatic rings. The highest BCUT2D eigenvalue weighted by Crippen LogP contribution is 2.40. The molecule has 0 saturated carbocycles. The summed E-state index contributed by atoms with van der Waals surface area (Å²) in [6.45, 7) is 15.2. The maximum atomic E-state index is 14.0. The number of aryl methyl sites for hydroxylation is 3. The number of methoxy groups -OCH3 is 2. The molecular weight excluding hydrogens is 1640 g/mol. The number of nitrogens with one attached hydrogen (secondary N) is 3. The number of hydrogen-bond donors (Lipinski definition) is 6. The Balaban J connectivity index is 0.000000163. The van der Waals surface area contributed by atoms with E-state index in [1.54, 1.807) is 79.0 Å². The minimum Gasteiger partial charge on any atom is -0.493 e. The second-order valence-electron chi connectivity index (χ2n) is 31.4. The molecule has 15 rings (SSSR count). The van der Waals surface area contributed by atoms with E-state index in [0.717, 1.165) is 95.8 Å². The van der Waals surface area contributed by atoms with Crippen LogP contribution in [0.3, 0.4) is 0 Å². The number of aromatic nitrogens is 4. The number of nitrogen functional groups attached to an aromatic ring is 3. The molecule has 0 radical (unpaired) electrons. The third-order valence-corrected chi connectivity index (χ3v) is 22.2. The molecule has 12 aromatic rings. The van der Waals surface area contributed by atoms with E-state index in [2.05, 4.69) is 86.1 Å². The van der Waals surface area contributed by atoms with Crippen LogP contribution in [0.1, 0.15) is 115 Å². The second kappa shape index (κ2) is 39.7. The van der Waals surface area contributed by atoms with Crippen molar-refractivity contribution in [1.29, 1.82) is 0 Å². The van der Waals surface area contributed by atoms with Crippen molar-refractivity contribution in [2.24, 2.45) is 0 Å². The number of likely N-dealkylation sites (N-methyl/N-ethyl adjacent to an activating group) is 3. The summed E-state index contributed by atoms with van der Waals surface area (Å²) in [5.74, 6) is 18.5. The highest BCUT2D eigenvalue weighted by Gasteiger charge is 2.38. The Kier molecular flexibility index (Phi) is 28.5. The van der Waals surface area contributed by atoms with Crippen LogP contribution in [0.25, 0.3) is 32.6 Å². The number of hydrogen-bond acceptors (Lipinski definition) is 18. The number of carbonyl (C=O) groups excluding carboxylic acids is 3. The zero-order chi connectivity index (χ0) is 90.6. The number of para-hydroxylation sites is 1. The molecule has 654 valence electrons. The maximum absolute atomic E-state index is 14.0. The highest BCUT2D eigenvalue weighted by molar-refractivity contribution is 6.06. The van der Waals surface area contributed by atoms with Crippen LogP contribution < -0.4 is 42.6 Å². The van der Waals surface area contributed by atoms with Crippen LogP contribution in [0.4, 0.5) is 74.2 Å². The topological polar surface area (TPSA) is 255 Å². The summed E-state index contributed by atoms with van der Waals surface area (Å²) >= 11 is 0. The fraction of sp³-hybridized carbons (Fsp3) is 0.268. The molecule has 6 heterocycles. The number of nitrogens with zero attached hydrogens (tertiary/aromatic N) is 10. The molecule has 0 aliphatic carbocycles. The van der Waals surface area contributed by atoms with Crippen LogP contribution in [0, 0.1) is 56.3 Å². The number of ether oxygens (including phenoxy) is 2. The summed E-state index contributed by atoms with van der Waals surface area (Å²) in [5.41, 5.74) is 24.4. The number of pyridine rings is 2. The predicted octanol–water partition coefficient (Wildman–Crippen LogP) is 16.0. The predicted molar refractivity (Wildman–Crippen MR) is 477 cm³/mol. The number of piperazine rings is 3. The van der Waals surface area contributed by atoms with Gasteiger partial charge in [-0.25, -0.2) is 19.9 Å². The van der Waals surface area contributed by atoms with E-state index in [9.17, 15) is 53.9 Å². The van der Waals surface area contributed by atoms with Crippen molar-refractivity contribution < 1.29 is 63.4 Å². The molecule has 0 unspecified atom stereocenters. The Bertz CT molecular complexity index is 6340. The van der Waals surface area contributed by atoms with Gasteiger partial charge < -0.3 is 57.3 Å². The summed E-state index contributed by atoms with van der Waals surface area (Å²) in [6, 6.07) is 47.1.